The summed E-state index contributed by atoms with van der Waals surface area (Å²) in [5.74, 6) is 0.115. The van der Waals surface area contributed by atoms with Gasteiger partial charge >= 0.3 is 0 Å². The number of benzene rings is 3. The molecule has 294 valence electrons. The monoisotopic (exact) mass is 726 g/mol. The quantitative estimate of drug-likeness (QED) is 0.0502. The molecule has 1 N–H and O–H groups in total. The molecule has 3 aromatic carbocycles. The van der Waals surface area contributed by atoms with E-state index < -0.39 is 5.60 Å². The number of hydrogen-bond donors (Lipinski definition) is 1. The third-order valence-corrected chi connectivity index (χ3v) is 10.7. The molecule has 0 aliphatic rings. The van der Waals surface area contributed by atoms with Crippen LogP contribution in [-0.2, 0) is 19.9 Å². The van der Waals surface area contributed by atoms with Crippen LogP contribution in [0, 0.1) is 0 Å². The molecule has 4 nitrogen and oxygen atoms in total. The molecule has 0 aromatic heterocycles. The van der Waals surface area contributed by atoms with Crippen molar-refractivity contribution in [3.8, 4) is 0 Å². The average molecular weight is 726 g/mol. The fourth-order valence-electron chi connectivity index (χ4n) is 7.43. The Labute approximate surface area is 325 Å². The number of hydrogen-bond acceptors (Lipinski definition) is 3. The molecule has 0 saturated carbocycles. The van der Waals surface area contributed by atoms with Gasteiger partial charge in [-0.3, -0.25) is 4.79 Å². The summed E-state index contributed by atoms with van der Waals surface area (Å²) in [4.78, 5) is 13.0. The first-order valence-electron chi connectivity index (χ1n) is 21.9. The molecule has 0 aliphatic carbocycles. The minimum atomic E-state index is -0.818. The topological polar surface area (TPSA) is 47.6 Å². The molecule has 1 atom stereocenters. The van der Waals surface area contributed by atoms with Gasteiger partial charge in [0.15, 0.2) is 0 Å². The molecule has 0 fully saturated rings. The number of carbonyl (C=O) groups excluding carboxylic acids is 1. The lowest BCUT2D eigenvalue weighted by Crippen LogP contribution is -2.41. The van der Waals surface area contributed by atoms with Gasteiger partial charge in [0.1, 0.15) is 5.60 Å². The second kappa shape index (κ2) is 29.4. The van der Waals surface area contributed by atoms with Gasteiger partial charge in [-0.1, -0.05) is 233 Å². The lowest BCUT2D eigenvalue weighted by atomic mass is 9.80. The molecule has 0 saturated heterocycles. The number of unbranched alkanes of at least 4 members (excludes halogenated alkanes) is 20. The van der Waals surface area contributed by atoms with E-state index in [-0.39, 0.29) is 12.0 Å². The van der Waals surface area contributed by atoms with Crippen molar-refractivity contribution in [3.63, 3.8) is 0 Å². The normalized spacial score (nSPS) is 12.2. The Hall–Kier alpha value is -2.95. The van der Waals surface area contributed by atoms with Gasteiger partial charge in [-0.05, 0) is 29.5 Å². The lowest BCUT2D eigenvalue weighted by Gasteiger charge is -2.37. The van der Waals surface area contributed by atoms with Gasteiger partial charge < -0.3 is 14.8 Å². The highest BCUT2D eigenvalue weighted by atomic mass is 16.5. The smallest absolute Gasteiger partial charge is 0.220 e. The van der Waals surface area contributed by atoms with Crippen molar-refractivity contribution < 1.29 is 14.3 Å². The van der Waals surface area contributed by atoms with E-state index in [1.807, 2.05) is 0 Å². The maximum absolute atomic E-state index is 13.0. The maximum atomic E-state index is 13.0. The van der Waals surface area contributed by atoms with Gasteiger partial charge in [0.2, 0.25) is 5.91 Å². The Kier molecular flexibility index (Phi) is 24.7. The van der Waals surface area contributed by atoms with Crippen LogP contribution in [-0.4, -0.2) is 31.8 Å². The predicted molar refractivity (Wildman–Crippen MR) is 225 cm³/mol. The summed E-state index contributed by atoms with van der Waals surface area (Å²) in [6.07, 6.45) is 28.7. The summed E-state index contributed by atoms with van der Waals surface area (Å²) in [7, 11) is 0. The van der Waals surface area contributed by atoms with E-state index in [0.29, 0.717) is 26.2 Å². The van der Waals surface area contributed by atoms with Crippen LogP contribution in [0.4, 0.5) is 0 Å². The predicted octanol–water partition coefficient (Wildman–Crippen LogP) is 13.5. The maximum Gasteiger partial charge on any atom is 0.220 e. The summed E-state index contributed by atoms with van der Waals surface area (Å²) in [5, 5.41) is 3.22. The first-order chi connectivity index (χ1) is 26.2. The third kappa shape index (κ3) is 18.3. The minimum Gasteiger partial charge on any atom is -0.374 e. The van der Waals surface area contributed by atoms with Gasteiger partial charge in [0.25, 0.3) is 0 Å². The zero-order valence-electron chi connectivity index (χ0n) is 33.8. The summed E-state index contributed by atoms with van der Waals surface area (Å²) >= 11 is 0. The Bertz CT molecular complexity index is 1170. The van der Waals surface area contributed by atoms with Crippen molar-refractivity contribution in [1.82, 2.24) is 5.32 Å². The number of rotatable bonds is 33. The molecule has 4 heteroatoms. The van der Waals surface area contributed by atoms with E-state index in [2.05, 4.69) is 110 Å². The van der Waals surface area contributed by atoms with Crippen LogP contribution >= 0.6 is 0 Å². The van der Waals surface area contributed by atoms with Gasteiger partial charge in [0.05, 0.1) is 12.7 Å². The number of ether oxygens (including phenoxy) is 2. The van der Waals surface area contributed by atoms with Crippen molar-refractivity contribution in [1.29, 1.82) is 0 Å². The van der Waals surface area contributed by atoms with E-state index in [0.717, 1.165) is 36.0 Å². The van der Waals surface area contributed by atoms with Crippen molar-refractivity contribution in [2.45, 2.75) is 173 Å². The van der Waals surface area contributed by atoms with E-state index in [1.165, 1.54) is 122 Å². The summed E-state index contributed by atoms with van der Waals surface area (Å²) in [6.45, 7) is 6.03. The average Bonchev–Trinajstić information content (AvgIpc) is 3.20. The molecule has 53 heavy (non-hydrogen) atoms. The molecule has 0 spiro atoms. The van der Waals surface area contributed by atoms with Crippen LogP contribution in [0.15, 0.2) is 91.0 Å². The van der Waals surface area contributed by atoms with Crippen molar-refractivity contribution in [2.24, 2.45) is 0 Å². The standard InChI is InChI=1S/C49H75NO3/c1-3-5-7-9-11-13-15-17-19-21-32-40-48(51)50-42-47(52-41-33-22-20-18-16-14-12-10-8-6-4-2)43-53-49(44-34-26-23-27-35-44,45-36-28-24-29-37-45)46-38-30-25-31-39-46/h23-31,34-39,47H,3-22,32-33,40-43H2,1-2H3,(H,50,51). The Morgan fingerprint density at radius 1 is 0.509 bits per heavy atom. The number of amides is 1. The van der Waals surface area contributed by atoms with Gasteiger partial charge in [-0.15, -0.1) is 0 Å². The molecule has 1 amide bonds. The van der Waals surface area contributed by atoms with Crippen molar-refractivity contribution >= 4 is 5.91 Å². The van der Waals surface area contributed by atoms with E-state index >= 15 is 0 Å². The fraction of sp³-hybridized carbons (Fsp3) is 0.612. The van der Waals surface area contributed by atoms with Crippen LogP contribution in [0.2, 0.25) is 0 Å². The Morgan fingerprint density at radius 3 is 1.26 bits per heavy atom. The number of nitrogens with one attached hydrogen (secondary N) is 1. The molecular weight excluding hydrogens is 651 g/mol. The first kappa shape index (κ1) is 44.4. The van der Waals surface area contributed by atoms with Crippen LogP contribution in [0.3, 0.4) is 0 Å². The zero-order chi connectivity index (χ0) is 37.5. The molecule has 3 rings (SSSR count). The summed E-state index contributed by atoms with van der Waals surface area (Å²) in [5.41, 5.74) is 2.40. The first-order valence-corrected chi connectivity index (χ1v) is 21.9. The van der Waals surface area contributed by atoms with E-state index in [9.17, 15) is 4.79 Å². The van der Waals surface area contributed by atoms with Gasteiger partial charge in [-0.2, -0.15) is 0 Å². The fourth-order valence-corrected chi connectivity index (χ4v) is 7.43. The highest BCUT2D eigenvalue weighted by Gasteiger charge is 2.38. The zero-order valence-corrected chi connectivity index (χ0v) is 33.8. The van der Waals surface area contributed by atoms with E-state index in [1.54, 1.807) is 0 Å². The molecule has 0 aliphatic heterocycles. The molecule has 3 aromatic rings. The Balaban J connectivity index is 1.56. The van der Waals surface area contributed by atoms with Gasteiger partial charge in [0, 0.05) is 19.6 Å². The number of carbonyl (C=O) groups is 1. The SMILES string of the molecule is CCCCCCCCCCCCCOC(CNC(=O)CCCCCCCCCCCCC)COC(c1ccccc1)(c1ccccc1)c1ccccc1. The van der Waals surface area contributed by atoms with Crippen LogP contribution in [0.5, 0.6) is 0 Å². The third-order valence-electron chi connectivity index (χ3n) is 10.7. The second-order valence-corrected chi connectivity index (χ2v) is 15.2. The lowest BCUT2D eigenvalue weighted by molar-refractivity contribution is -0.122. The van der Waals surface area contributed by atoms with Crippen LogP contribution in [0.25, 0.3) is 0 Å². The minimum absolute atomic E-state index is 0.115. The van der Waals surface area contributed by atoms with E-state index in [4.69, 9.17) is 9.47 Å². The molecule has 0 heterocycles. The summed E-state index contributed by atoms with van der Waals surface area (Å²) < 4.78 is 13.7. The summed E-state index contributed by atoms with van der Waals surface area (Å²) in [6, 6.07) is 31.5. The van der Waals surface area contributed by atoms with Crippen LogP contribution < -0.4 is 5.32 Å². The second-order valence-electron chi connectivity index (χ2n) is 15.2. The molecular formula is C49H75NO3. The largest absolute Gasteiger partial charge is 0.374 e. The van der Waals surface area contributed by atoms with Crippen molar-refractivity contribution in [2.75, 3.05) is 19.8 Å². The molecule has 1 unspecified atom stereocenters. The molecule has 0 radical (unpaired) electrons. The van der Waals surface area contributed by atoms with Gasteiger partial charge in [-0.25, -0.2) is 0 Å². The Morgan fingerprint density at radius 2 is 0.868 bits per heavy atom. The highest BCUT2D eigenvalue weighted by Crippen LogP contribution is 2.40. The molecule has 0 bridgehead atoms. The van der Waals surface area contributed by atoms with Crippen molar-refractivity contribution in [3.05, 3.63) is 108 Å². The highest BCUT2D eigenvalue weighted by molar-refractivity contribution is 5.75. The van der Waals surface area contributed by atoms with Crippen LogP contribution in [0.1, 0.15) is 178 Å².